The minimum absolute atomic E-state index is 0.151. The fourth-order valence-corrected chi connectivity index (χ4v) is 2.49. The van der Waals surface area contributed by atoms with Gasteiger partial charge in [0.1, 0.15) is 11.5 Å². The lowest BCUT2D eigenvalue weighted by atomic mass is 9.95. The molecule has 1 aromatic heterocycles. The van der Waals surface area contributed by atoms with Crippen molar-refractivity contribution in [2.45, 2.75) is 6.04 Å². The molecular weight excluding hydrogens is 254 g/mol. The average molecular weight is 269 g/mol. The number of hydrogen-bond acceptors (Lipinski definition) is 3. The van der Waals surface area contributed by atoms with Gasteiger partial charge in [-0.3, -0.25) is 4.98 Å². The van der Waals surface area contributed by atoms with Crippen LogP contribution in [0.25, 0.3) is 0 Å². The monoisotopic (exact) mass is 269 g/mol. The van der Waals surface area contributed by atoms with Crippen LogP contribution in [0.4, 0.5) is 4.79 Å². The van der Waals surface area contributed by atoms with Gasteiger partial charge in [-0.25, -0.2) is 4.79 Å². The number of hydrogen-bond donors (Lipinski definition) is 1. The lowest BCUT2D eigenvalue weighted by Crippen LogP contribution is -2.39. The molecule has 1 aliphatic rings. The Bertz CT molecular complexity index is 612. The highest BCUT2D eigenvalue weighted by molar-refractivity contribution is 5.75. The van der Waals surface area contributed by atoms with Crippen LogP contribution >= 0.6 is 0 Å². The zero-order chi connectivity index (χ0) is 14.1. The third kappa shape index (κ3) is 1.87. The van der Waals surface area contributed by atoms with E-state index in [1.807, 2.05) is 30.3 Å². The number of benzene rings is 1. The number of aromatic nitrogens is 1. The highest BCUT2D eigenvalue weighted by atomic mass is 16.5. The number of urea groups is 1. The number of amides is 2. The summed E-state index contributed by atoms with van der Waals surface area (Å²) < 4.78 is 5.87. The van der Waals surface area contributed by atoms with Gasteiger partial charge in [0.25, 0.3) is 0 Å². The summed E-state index contributed by atoms with van der Waals surface area (Å²) in [6.45, 7) is 0. The van der Waals surface area contributed by atoms with E-state index in [1.165, 1.54) is 0 Å². The predicted molar refractivity (Wildman–Crippen MR) is 74.8 cm³/mol. The fourth-order valence-electron chi connectivity index (χ4n) is 2.49. The molecular formula is C15H15N3O2. The predicted octanol–water partition coefficient (Wildman–Crippen LogP) is 2.55. The van der Waals surface area contributed by atoms with E-state index in [4.69, 9.17) is 4.74 Å². The summed E-state index contributed by atoms with van der Waals surface area (Å²) in [6, 6.07) is 9.19. The molecule has 20 heavy (non-hydrogen) atoms. The third-order valence-corrected chi connectivity index (χ3v) is 3.46. The van der Waals surface area contributed by atoms with Gasteiger partial charge in [-0.05, 0) is 12.1 Å². The number of fused-ring (bicyclic) bond motifs is 2. The van der Waals surface area contributed by atoms with Gasteiger partial charge in [-0.2, -0.15) is 0 Å². The molecule has 102 valence electrons. The van der Waals surface area contributed by atoms with Crippen LogP contribution in [0.1, 0.15) is 17.2 Å². The Morgan fingerprint density at radius 1 is 1.25 bits per heavy atom. The van der Waals surface area contributed by atoms with Crippen LogP contribution in [0, 0.1) is 0 Å². The van der Waals surface area contributed by atoms with Crippen LogP contribution in [0.15, 0.2) is 42.7 Å². The quantitative estimate of drug-likeness (QED) is 0.865. The van der Waals surface area contributed by atoms with E-state index < -0.39 is 0 Å². The standard InChI is InChI=1S/C15H15N3O2/c1-16-15(19)18(2)14-10-5-3-4-6-12(10)20-13-7-8-17-9-11(13)14/h3-9,14H,1-2H3,(H,16,19). The summed E-state index contributed by atoms with van der Waals surface area (Å²) in [5.74, 6) is 1.51. The smallest absolute Gasteiger partial charge is 0.317 e. The number of pyridine rings is 1. The molecule has 1 N–H and O–H groups in total. The number of ether oxygens (including phenoxy) is 1. The number of nitrogens with one attached hydrogen (secondary N) is 1. The van der Waals surface area contributed by atoms with Crippen molar-refractivity contribution in [3.05, 3.63) is 53.9 Å². The van der Waals surface area contributed by atoms with Crippen LogP contribution in [0.3, 0.4) is 0 Å². The molecule has 0 saturated heterocycles. The average Bonchev–Trinajstić information content (AvgIpc) is 2.51. The van der Waals surface area contributed by atoms with Crippen LogP contribution in [-0.4, -0.2) is 30.0 Å². The Labute approximate surface area is 117 Å². The van der Waals surface area contributed by atoms with E-state index >= 15 is 0 Å². The molecule has 2 amide bonds. The summed E-state index contributed by atoms with van der Waals surface area (Å²) in [6.07, 6.45) is 3.43. The maximum absolute atomic E-state index is 12.0. The number of carbonyl (C=O) groups excluding carboxylic acids is 1. The zero-order valence-corrected chi connectivity index (χ0v) is 11.3. The second-order valence-corrected chi connectivity index (χ2v) is 4.62. The van der Waals surface area contributed by atoms with E-state index in [1.54, 1.807) is 31.4 Å². The molecule has 5 heteroatoms. The number of carbonyl (C=O) groups is 1. The van der Waals surface area contributed by atoms with Gasteiger partial charge >= 0.3 is 6.03 Å². The maximum Gasteiger partial charge on any atom is 0.317 e. The molecule has 3 rings (SSSR count). The molecule has 2 heterocycles. The summed E-state index contributed by atoms with van der Waals surface area (Å²) in [5.41, 5.74) is 1.84. The summed E-state index contributed by atoms with van der Waals surface area (Å²) in [5, 5.41) is 2.65. The van der Waals surface area contributed by atoms with Gasteiger partial charge < -0.3 is 15.0 Å². The van der Waals surface area contributed by atoms with Crippen LogP contribution in [0.2, 0.25) is 0 Å². The third-order valence-electron chi connectivity index (χ3n) is 3.46. The Morgan fingerprint density at radius 2 is 2.00 bits per heavy atom. The Kier molecular flexibility index (Phi) is 3.02. The molecule has 1 atom stereocenters. The van der Waals surface area contributed by atoms with Crippen LogP contribution < -0.4 is 10.1 Å². The first kappa shape index (κ1) is 12.5. The lowest BCUT2D eigenvalue weighted by molar-refractivity contribution is 0.197. The number of nitrogens with zero attached hydrogens (tertiary/aromatic N) is 2. The van der Waals surface area contributed by atoms with E-state index in [0.29, 0.717) is 0 Å². The largest absolute Gasteiger partial charge is 0.456 e. The minimum atomic E-state index is -0.205. The molecule has 0 radical (unpaired) electrons. The first-order chi connectivity index (χ1) is 9.72. The summed E-state index contributed by atoms with van der Waals surface area (Å²) in [7, 11) is 3.39. The first-order valence-corrected chi connectivity index (χ1v) is 6.37. The van der Waals surface area contributed by atoms with Crippen molar-refractivity contribution in [3.63, 3.8) is 0 Å². The van der Waals surface area contributed by atoms with E-state index in [2.05, 4.69) is 10.3 Å². The molecule has 0 bridgehead atoms. The van der Waals surface area contributed by atoms with Crippen molar-refractivity contribution >= 4 is 6.03 Å². The van der Waals surface area contributed by atoms with Crippen molar-refractivity contribution < 1.29 is 9.53 Å². The molecule has 0 aliphatic carbocycles. The van der Waals surface area contributed by atoms with Gasteiger partial charge in [-0.15, -0.1) is 0 Å². The number of para-hydroxylation sites is 1. The Balaban J connectivity index is 2.15. The molecule has 1 aliphatic heterocycles. The Morgan fingerprint density at radius 3 is 2.80 bits per heavy atom. The zero-order valence-electron chi connectivity index (χ0n) is 11.3. The van der Waals surface area contributed by atoms with Crippen molar-refractivity contribution in [2.75, 3.05) is 14.1 Å². The van der Waals surface area contributed by atoms with E-state index in [0.717, 1.165) is 22.6 Å². The molecule has 2 aromatic rings. The molecule has 1 unspecified atom stereocenters. The van der Waals surface area contributed by atoms with Crippen LogP contribution in [0.5, 0.6) is 11.5 Å². The fraction of sp³-hybridized carbons (Fsp3) is 0.200. The highest BCUT2D eigenvalue weighted by Crippen LogP contribution is 2.44. The topological polar surface area (TPSA) is 54.5 Å². The molecule has 0 spiro atoms. The second-order valence-electron chi connectivity index (χ2n) is 4.62. The van der Waals surface area contributed by atoms with Gasteiger partial charge in [-0.1, -0.05) is 18.2 Å². The second kappa shape index (κ2) is 4.85. The molecule has 5 nitrogen and oxygen atoms in total. The van der Waals surface area contributed by atoms with Crippen LogP contribution in [-0.2, 0) is 0 Å². The SMILES string of the molecule is CNC(=O)N(C)C1c2ccccc2Oc2ccncc21. The molecule has 0 saturated carbocycles. The molecule has 1 aromatic carbocycles. The van der Waals surface area contributed by atoms with Crippen molar-refractivity contribution in [1.82, 2.24) is 15.2 Å². The van der Waals surface area contributed by atoms with Gasteiger partial charge in [0, 0.05) is 37.6 Å². The van der Waals surface area contributed by atoms with Gasteiger partial charge in [0.05, 0.1) is 6.04 Å². The maximum atomic E-state index is 12.0. The van der Waals surface area contributed by atoms with Crippen molar-refractivity contribution in [3.8, 4) is 11.5 Å². The highest BCUT2D eigenvalue weighted by Gasteiger charge is 2.32. The van der Waals surface area contributed by atoms with Gasteiger partial charge in [0.2, 0.25) is 0 Å². The minimum Gasteiger partial charge on any atom is -0.456 e. The van der Waals surface area contributed by atoms with Gasteiger partial charge in [0.15, 0.2) is 0 Å². The first-order valence-electron chi connectivity index (χ1n) is 6.37. The normalized spacial score (nSPS) is 15.6. The van der Waals surface area contributed by atoms with Crippen molar-refractivity contribution in [1.29, 1.82) is 0 Å². The van der Waals surface area contributed by atoms with E-state index in [-0.39, 0.29) is 12.1 Å². The number of rotatable bonds is 1. The summed E-state index contributed by atoms with van der Waals surface area (Å²) >= 11 is 0. The lowest BCUT2D eigenvalue weighted by Gasteiger charge is -2.33. The van der Waals surface area contributed by atoms with Crippen molar-refractivity contribution in [2.24, 2.45) is 0 Å². The molecule has 0 fully saturated rings. The Hall–Kier alpha value is -2.56. The van der Waals surface area contributed by atoms with E-state index in [9.17, 15) is 4.79 Å². The summed E-state index contributed by atoms with van der Waals surface area (Å²) in [4.78, 5) is 17.8.